The number of rotatable bonds is 9. The zero-order chi connectivity index (χ0) is 25.9. The van der Waals surface area contributed by atoms with Gasteiger partial charge in [-0.05, 0) is 68.7 Å². The number of fused-ring (bicyclic) bond motifs is 1. The van der Waals surface area contributed by atoms with Gasteiger partial charge < -0.3 is 9.88 Å². The van der Waals surface area contributed by atoms with Crippen molar-refractivity contribution >= 4 is 28.5 Å². The molecule has 2 aromatic heterocycles. The van der Waals surface area contributed by atoms with Crippen LogP contribution in [-0.2, 0) is 29.6 Å². The second-order valence-electron chi connectivity index (χ2n) is 9.69. The Labute approximate surface area is 211 Å². The molecule has 0 aliphatic rings. The van der Waals surface area contributed by atoms with E-state index in [1.54, 1.807) is 9.58 Å². The molecule has 0 spiro atoms. The van der Waals surface area contributed by atoms with Gasteiger partial charge in [0.25, 0.3) is 0 Å². The highest BCUT2D eigenvalue weighted by Gasteiger charge is 2.36. The van der Waals surface area contributed by atoms with E-state index in [9.17, 15) is 9.59 Å². The van der Waals surface area contributed by atoms with Crippen molar-refractivity contribution in [2.24, 2.45) is 7.05 Å². The Hall–Kier alpha value is -3.94. The Bertz CT molecular complexity index is 1350. The molecule has 0 fully saturated rings. The number of amides is 2. The number of anilines is 1. The number of benzene rings is 2. The molecule has 2 amide bonds. The highest BCUT2D eigenvalue weighted by Crippen LogP contribution is 2.30. The third kappa shape index (κ3) is 5.17. The highest BCUT2D eigenvalue weighted by atomic mass is 16.2. The molecule has 2 heterocycles. The van der Waals surface area contributed by atoms with Crippen LogP contribution < -0.4 is 10.2 Å². The Morgan fingerprint density at radius 3 is 2.39 bits per heavy atom. The first kappa shape index (κ1) is 25.2. The molecule has 0 bridgehead atoms. The van der Waals surface area contributed by atoms with Gasteiger partial charge in [0, 0.05) is 24.5 Å². The van der Waals surface area contributed by atoms with E-state index >= 15 is 0 Å². The minimum absolute atomic E-state index is 0.0542. The van der Waals surface area contributed by atoms with E-state index in [-0.39, 0.29) is 18.4 Å². The van der Waals surface area contributed by atoms with Crippen molar-refractivity contribution in [3.8, 4) is 0 Å². The van der Waals surface area contributed by atoms with Gasteiger partial charge in [0.1, 0.15) is 12.1 Å². The SMILES string of the molecule is CCc1ccc(N(C(=O)Cn2nnc3ccccc32)[C@H](C(=O)NC(C)(C)CC)c2cccn2C)cc1. The molecule has 2 aromatic carbocycles. The van der Waals surface area contributed by atoms with Crippen molar-refractivity contribution in [3.05, 3.63) is 78.1 Å². The summed E-state index contributed by atoms with van der Waals surface area (Å²) in [5.74, 6) is -0.495. The maximum absolute atomic E-state index is 14.0. The highest BCUT2D eigenvalue weighted by molar-refractivity contribution is 6.01. The summed E-state index contributed by atoms with van der Waals surface area (Å²) >= 11 is 0. The molecular weight excluding hydrogens is 452 g/mol. The smallest absolute Gasteiger partial charge is 0.249 e. The van der Waals surface area contributed by atoms with E-state index in [0.717, 1.165) is 29.6 Å². The predicted molar refractivity (Wildman–Crippen MR) is 142 cm³/mol. The van der Waals surface area contributed by atoms with E-state index in [1.165, 1.54) is 0 Å². The van der Waals surface area contributed by atoms with Crippen LogP contribution in [0.3, 0.4) is 0 Å². The molecule has 4 aromatic rings. The maximum atomic E-state index is 14.0. The lowest BCUT2D eigenvalue weighted by molar-refractivity contribution is -0.128. The predicted octanol–water partition coefficient (Wildman–Crippen LogP) is 4.41. The number of nitrogens with zero attached hydrogens (tertiary/aromatic N) is 5. The molecule has 36 heavy (non-hydrogen) atoms. The van der Waals surface area contributed by atoms with Crippen LogP contribution in [-0.4, -0.2) is 36.9 Å². The number of para-hydroxylation sites is 1. The van der Waals surface area contributed by atoms with E-state index in [0.29, 0.717) is 11.2 Å². The van der Waals surface area contributed by atoms with Crippen LogP contribution in [0, 0.1) is 0 Å². The first-order valence-corrected chi connectivity index (χ1v) is 12.4. The number of hydrogen-bond acceptors (Lipinski definition) is 4. The topological polar surface area (TPSA) is 85.1 Å². The third-order valence-electron chi connectivity index (χ3n) is 6.71. The van der Waals surface area contributed by atoms with Crippen molar-refractivity contribution in [2.45, 2.75) is 58.7 Å². The summed E-state index contributed by atoms with van der Waals surface area (Å²) in [5.41, 5.74) is 3.57. The average Bonchev–Trinajstić information content (AvgIpc) is 3.48. The molecule has 0 radical (unpaired) electrons. The summed E-state index contributed by atoms with van der Waals surface area (Å²) < 4.78 is 3.47. The second kappa shape index (κ2) is 10.4. The lowest BCUT2D eigenvalue weighted by atomic mass is 10.00. The van der Waals surface area contributed by atoms with Crippen LogP contribution in [0.2, 0.25) is 0 Å². The fourth-order valence-electron chi connectivity index (χ4n) is 4.20. The summed E-state index contributed by atoms with van der Waals surface area (Å²) in [6.45, 7) is 8.02. The first-order valence-electron chi connectivity index (χ1n) is 12.4. The van der Waals surface area contributed by atoms with Crippen LogP contribution in [0.25, 0.3) is 11.0 Å². The third-order valence-corrected chi connectivity index (χ3v) is 6.71. The van der Waals surface area contributed by atoms with Gasteiger partial charge in [-0.2, -0.15) is 0 Å². The Morgan fingerprint density at radius 2 is 1.75 bits per heavy atom. The number of carbonyl (C=O) groups is 2. The molecule has 0 aliphatic carbocycles. The lowest BCUT2D eigenvalue weighted by Gasteiger charge is -2.34. The molecule has 1 N–H and O–H groups in total. The van der Waals surface area contributed by atoms with Gasteiger partial charge in [0.15, 0.2) is 6.04 Å². The van der Waals surface area contributed by atoms with Gasteiger partial charge in [-0.25, -0.2) is 4.68 Å². The lowest BCUT2D eigenvalue weighted by Crippen LogP contribution is -2.51. The standard InChI is InChI=1S/C28H34N6O2/c1-6-20-14-16-21(17-15-20)34(25(35)19-33-23-12-9-8-11-22(23)30-31-33)26(24-13-10-18-32(24)5)27(36)29-28(3,4)7-2/h8-18,26H,6-7,19H2,1-5H3,(H,29,36)/t26-/m0/s1. The van der Waals surface area contributed by atoms with E-state index in [1.807, 2.05) is 99.2 Å². The number of nitrogens with one attached hydrogen (secondary N) is 1. The Morgan fingerprint density at radius 1 is 1.03 bits per heavy atom. The molecule has 1 atom stereocenters. The van der Waals surface area contributed by atoms with Gasteiger partial charge in [-0.1, -0.05) is 43.3 Å². The van der Waals surface area contributed by atoms with Crippen molar-refractivity contribution in [1.29, 1.82) is 0 Å². The van der Waals surface area contributed by atoms with Crippen LogP contribution >= 0.6 is 0 Å². The first-order chi connectivity index (χ1) is 17.2. The monoisotopic (exact) mass is 486 g/mol. The molecule has 188 valence electrons. The maximum Gasteiger partial charge on any atom is 0.249 e. The van der Waals surface area contributed by atoms with Gasteiger partial charge >= 0.3 is 0 Å². The number of carbonyl (C=O) groups excluding carboxylic acids is 2. The van der Waals surface area contributed by atoms with E-state index in [2.05, 4.69) is 22.6 Å². The fraction of sp³-hybridized carbons (Fsp3) is 0.357. The van der Waals surface area contributed by atoms with Crippen LogP contribution in [0.1, 0.15) is 51.4 Å². The van der Waals surface area contributed by atoms with Crippen LogP contribution in [0.4, 0.5) is 5.69 Å². The Balaban J connectivity index is 1.81. The average molecular weight is 487 g/mol. The second-order valence-corrected chi connectivity index (χ2v) is 9.69. The van der Waals surface area contributed by atoms with Crippen molar-refractivity contribution in [1.82, 2.24) is 24.9 Å². The zero-order valence-corrected chi connectivity index (χ0v) is 21.6. The van der Waals surface area contributed by atoms with Crippen LogP contribution in [0.5, 0.6) is 0 Å². The van der Waals surface area contributed by atoms with Crippen molar-refractivity contribution < 1.29 is 9.59 Å². The Kier molecular flexibility index (Phi) is 7.24. The summed E-state index contributed by atoms with van der Waals surface area (Å²) in [4.78, 5) is 29.5. The molecule has 8 nitrogen and oxygen atoms in total. The number of aromatic nitrogens is 4. The van der Waals surface area contributed by atoms with Gasteiger partial charge in [0.2, 0.25) is 11.8 Å². The summed E-state index contributed by atoms with van der Waals surface area (Å²) in [7, 11) is 1.88. The summed E-state index contributed by atoms with van der Waals surface area (Å²) in [5, 5.41) is 11.6. The largest absolute Gasteiger partial charge is 0.352 e. The van der Waals surface area contributed by atoms with Gasteiger partial charge in [-0.3, -0.25) is 14.5 Å². The summed E-state index contributed by atoms with van der Waals surface area (Å²) in [6.07, 6.45) is 3.52. The summed E-state index contributed by atoms with van der Waals surface area (Å²) in [6, 6.07) is 18.2. The number of aryl methyl sites for hydroxylation is 2. The van der Waals surface area contributed by atoms with Gasteiger partial charge in [-0.15, -0.1) is 5.10 Å². The van der Waals surface area contributed by atoms with Crippen molar-refractivity contribution in [3.63, 3.8) is 0 Å². The zero-order valence-electron chi connectivity index (χ0n) is 21.6. The molecule has 4 rings (SSSR count). The van der Waals surface area contributed by atoms with E-state index in [4.69, 9.17) is 0 Å². The molecule has 0 aliphatic heterocycles. The quantitative estimate of drug-likeness (QED) is 0.380. The minimum atomic E-state index is -0.870. The minimum Gasteiger partial charge on any atom is -0.352 e. The van der Waals surface area contributed by atoms with Crippen LogP contribution in [0.15, 0.2) is 66.9 Å². The molecular formula is C28H34N6O2. The fourth-order valence-corrected chi connectivity index (χ4v) is 4.20. The molecule has 0 saturated heterocycles. The number of hydrogen-bond donors (Lipinski definition) is 1. The van der Waals surface area contributed by atoms with Crippen molar-refractivity contribution in [2.75, 3.05) is 4.90 Å². The molecule has 0 saturated carbocycles. The van der Waals surface area contributed by atoms with Gasteiger partial charge in [0.05, 0.1) is 11.2 Å². The molecule has 8 heteroatoms. The molecule has 0 unspecified atom stereocenters. The normalized spacial score (nSPS) is 12.5. The van der Waals surface area contributed by atoms with E-state index < -0.39 is 11.6 Å².